The maximum Gasteiger partial charge on any atom is 0.127 e. The van der Waals surface area contributed by atoms with Crippen molar-refractivity contribution in [3.8, 4) is 5.75 Å². The highest BCUT2D eigenvalue weighted by Crippen LogP contribution is 2.34. The van der Waals surface area contributed by atoms with Gasteiger partial charge >= 0.3 is 0 Å². The molecular weight excluding hydrogens is 360 g/mol. The highest BCUT2D eigenvalue weighted by atomic mass is 35.5. The minimum Gasteiger partial charge on any atom is -0.489 e. The number of nitrogens with zero attached hydrogens (tertiary/aromatic N) is 3. The zero-order valence-electron chi connectivity index (χ0n) is 14.7. The first-order chi connectivity index (χ1) is 13.3. The summed E-state index contributed by atoms with van der Waals surface area (Å²) in [6.45, 7) is 2.34. The summed E-state index contributed by atoms with van der Waals surface area (Å²) >= 11 is 6.15. The van der Waals surface area contributed by atoms with Crippen molar-refractivity contribution in [1.82, 2.24) is 19.9 Å². The highest BCUT2D eigenvalue weighted by molar-refractivity contribution is 6.30. The Morgan fingerprint density at radius 1 is 1.22 bits per heavy atom. The lowest BCUT2D eigenvalue weighted by atomic mass is 9.98. The molecule has 0 saturated heterocycles. The van der Waals surface area contributed by atoms with Crippen LogP contribution in [0.1, 0.15) is 28.7 Å². The molecule has 6 heteroatoms. The number of rotatable bonds is 3. The van der Waals surface area contributed by atoms with E-state index in [0.717, 1.165) is 47.2 Å². The van der Waals surface area contributed by atoms with Crippen LogP contribution in [0, 0.1) is 0 Å². The monoisotopic (exact) mass is 378 g/mol. The van der Waals surface area contributed by atoms with Gasteiger partial charge < -0.3 is 9.72 Å². The molecule has 1 atom stereocenters. The molecule has 5 nitrogen and oxygen atoms in total. The van der Waals surface area contributed by atoms with Crippen molar-refractivity contribution >= 4 is 17.7 Å². The first kappa shape index (κ1) is 16.5. The molecule has 1 unspecified atom stereocenters. The van der Waals surface area contributed by atoms with Crippen LogP contribution in [0.4, 0.5) is 0 Å². The molecule has 0 bridgehead atoms. The van der Waals surface area contributed by atoms with Crippen LogP contribution in [0.3, 0.4) is 0 Å². The molecule has 0 radical (unpaired) electrons. The Labute approximate surface area is 162 Å². The van der Waals surface area contributed by atoms with E-state index in [9.17, 15) is 0 Å². The average molecular weight is 379 g/mol. The van der Waals surface area contributed by atoms with Crippen LogP contribution in [-0.2, 0) is 6.42 Å². The van der Waals surface area contributed by atoms with Crippen molar-refractivity contribution in [1.29, 1.82) is 0 Å². The second-order valence-electron chi connectivity index (χ2n) is 6.92. The molecule has 136 valence electrons. The maximum absolute atomic E-state index is 6.15. The number of aromatic amines is 1. The third-order valence-corrected chi connectivity index (χ3v) is 5.38. The van der Waals surface area contributed by atoms with Crippen molar-refractivity contribution in [3.05, 3.63) is 82.2 Å². The smallest absolute Gasteiger partial charge is 0.127 e. The Balaban J connectivity index is 1.47. The molecule has 0 amide bonds. The number of hydrogen-bond acceptors (Lipinski definition) is 4. The first-order valence-corrected chi connectivity index (χ1v) is 9.44. The zero-order chi connectivity index (χ0) is 18.2. The summed E-state index contributed by atoms with van der Waals surface area (Å²) in [7, 11) is 0. The predicted octanol–water partition coefficient (Wildman–Crippen LogP) is 3.88. The van der Waals surface area contributed by atoms with E-state index in [2.05, 4.69) is 32.0 Å². The largest absolute Gasteiger partial charge is 0.489 e. The van der Waals surface area contributed by atoms with Crippen LogP contribution in [0.15, 0.2) is 54.5 Å². The number of pyridine rings is 1. The van der Waals surface area contributed by atoms with E-state index in [4.69, 9.17) is 16.3 Å². The Morgan fingerprint density at radius 2 is 2.19 bits per heavy atom. The summed E-state index contributed by atoms with van der Waals surface area (Å²) in [4.78, 5) is 14.9. The molecule has 4 heterocycles. The van der Waals surface area contributed by atoms with Gasteiger partial charge in [-0.2, -0.15) is 0 Å². The molecule has 1 N–H and O–H groups in total. The SMILES string of the molecule is Clc1ccc2c(c1)C=C(CN1CCc3[nH]cnc3C1c1ccccn1)CO2. The molecule has 0 aliphatic carbocycles. The van der Waals surface area contributed by atoms with Gasteiger partial charge in [-0.3, -0.25) is 9.88 Å². The van der Waals surface area contributed by atoms with E-state index in [1.807, 2.05) is 36.5 Å². The van der Waals surface area contributed by atoms with Crippen molar-refractivity contribution in [3.63, 3.8) is 0 Å². The second kappa shape index (κ2) is 6.83. The van der Waals surface area contributed by atoms with Gasteiger partial charge in [0.25, 0.3) is 0 Å². The topological polar surface area (TPSA) is 54.0 Å². The van der Waals surface area contributed by atoms with Gasteiger partial charge in [0.15, 0.2) is 0 Å². The van der Waals surface area contributed by atoms with Crippen molar-refractivity contribution in [2.45, 2.75) is 12.5 Å². The fourth-order valence-electron chi connectivity index (χ4n) is 3.91. The summed E-state index contributed by atoms with van der Waals surface area (Å²) in [5, 5.41) is 0.723. The molecule has 5 rings (SSSR count). The molecule has 2 aromatic heterocycles. The van der Waals surface area contributed by atoms with Crippen LogP contribution in [0.2, 0.25) is 5.02 Å². The second-order valence-corrected chi connectivity index (χ2v) is 7.35. The minimum absolute atomic E-state index is 0.0443. The number of fused-ring (bicyclic) bond motifs is 2. The van der Waals surface area contributed by atoms with Gasteiger partial charge in [0, 0.05) is 42.0 Å². The lowest BCUT2D eigenvalue weighted by Crippen LogP contribution is -2.38. The molecule has 0 saturated carbocycles. The van der Waals surface area contributed by atoms with E-state index < -0.39 is 0 Å². The fourth-order valence-corrected chi connectivity index (χ4v) is 4.09. The molecular formula is C21H19ClN4O. The Kier molecular flexibility index (Phi) is 4.19. The molecule has 3 aromatic rings. The number of ether oxygens (including phenoxy) is 1. The first-order valence-electron chi connectivity index (χ1n) is 9.07. The van der Waals surface area contributed by atoms with E-state index in [0.29, 0.717) is 6.61 Å². The molecule has 0 fully saturated rings. The standard InChI is InChI=1S/C21H19ClN4O/c22-16-4-5-19-15(10-16)9-14(12-27-19)11-26-8-6-17-20(25-13-24-17)21(26)18-3-1-2-7-23-18/h1-5,7,9-10,13,21H,6,8,11-12H2,(H,24,25). The summed E-state index contributed by atoms with van der Waals surface area (Å²) in [5.41, 5.74) is 5.56. The Hall–Kier alpha value is -2.63. The number of halogens is 1. The Bertz CT molecular complexity index is 998. The predicted molar refractivity (Wildman–Crippen MR) is 105 cm³/mol. The van der Waals surface area contributed by atoms with Gasteiger partial charge in [-0.15, -0.1) is 0 Å². The lowest BCUT2D eigenvalue weighted by molar-refractivity contribution is 0.213. The van der Waals surface area contributed by atoms with Crippen LogP contribution in [-0.4, -0.2) is 39.5 Å². The molecule has 2 aliphatic heterocycles. The van der Waals surface area contributed by atoms with Gasteiger partial charge in [0.05, 0.1) is 23.8 Å². The van der Waals surface area contributed by atoms with Crippen molar-refractivity contribution in [2.75, 3.05) is 19.7 Å². The molecule has 2 aliphatic rings. The van der Waals surface area contributed by atoms with Crippen molar-refractivity contribution < 1.29 is 4.74 Å². The minimum atomic E-state index is 0.0443. The van der Waals surface area contributed by atoms with E-state index in [1.54, 1.807) is 6.33 Å². The van der Waals surface area contributed by atoms with Gasteiger partial charge in [-0.05, 0) is 42.0 Å². The molecule has 0 spiro atoms. The van der Waals surface area contributed by atoms with Crippen LogP contribution < -0.4 is 4.74 Å². The zero-order valence-corrected chi connectivity index (χ0v) is 15.5. The number of hydrogen-bond donors (Lipinski definition) is 1. The van der Waals surface area contributed by atoms with Gasteiger partial charge in [0.1, 0.15) is 12.4 Å². The number of benzene rings is 1. The number of imidazole rings is 1. The normalized spacial score (nSPS) is 19.0. The van der Waals surface area contributed by atoms with E-state index in [1.165, 1.54) is 11.3 Å². The lowest BCUT2D eigenvalue weighted by Gasteiger charge is -2.35. The van der Waals surface area contributed by atoms with Crippen molar-refractivity contribution in [2.24, 2.45) is 0 Å². The van der Waals surface area contributed by atoms with E-state index >= 15 is 0 Å². The van der Waals surface area contributed by atoms with Crippen LogP contribution in [0.5, 0.6) is 5.75 Å². The number of aromatic nitrogens is 3. The van der Waals surface area contributed by atoms with Gasteiger partial charge in [-0.1, -0.05) is 17.7 Å². The van der Waals surface area contributed by atoms with Gasteiger partial charge in [0.2, 0.25) is 0 Å². The number of nitrogens with one attached hydrogen (secondary N) is 1. The maximum atomic E-state index is 6.15. The average Bonchev–Trinajstić information content (AvgIpc) is 3.17. The number of H-pyrrole nitrogens is 1. The quantitative estimate of drug-likeness (QED) is 0.751. The third kappa shape index (κ3) is 3.13. The summed E-state index contributed by atoms with van der Waals surface area (Å²) < 4.78 is 5.94. The summed E-state index contributed by atoms with van der Waals surface area (Å²) in [6.07, 6.45) is 6.77. The summed E-state index contributed by atoms with van der Waals surface area (Å²) in [5.74, 6) is 0.887. The van der Waals surface area contributed by atoms with Gasteiger partial charge in [-0.25, -0.2) is 4.98 Å². The third-order valence-electron chi connectivity index (χ3n) is 5.14. The van der Waals surface area contributed by atoms with Crippen LogP contribution in [0.25, 0.3) is 6.08 Å². The van der Waals surface area contributed by atoms with E-state index in [-0.39, 0.29) is 6.04 Å². The Morgan fingerprint density at radius 3 is 3.07 bits per heavy atom. The highest BCUT2D eigenvalue weighted by Gasteiger charge is 2.32. The van der Waals surface area contributed by atoms with Crippen LogP contribution >= 0.6 is 11.6 Å². The molecule has 27 heavy (non-hydrogen) atoms. The fraction of sp³-hybridized carbons (Fsp3) is 0.238. The summed E-state index contributed by atoms with van der Waals surface area (Å²) in [6, 6.07) is 11.8. The molecule has 1 aromatic carbocycles.